The number of halogens is 3. The lowest BCUT2D eigenvalue weighted by atomic mass is 10.1. The Balaban J connectivity index is 2.40. The van der Waals surface area contributed by atoms with Crippen molar-refractivity contribution >= 4 is 38.9 Å². The van der Waals surface area contributed by atoms with Crippen molar-refractivity contribution in [3.63, 3.8) is 0 Å². The van der Waals surface area contributed by atoms with Crippen LogP contribution >= 0.6 is 38.9 Å². The highest BCUT2D eigenvalue weighted by Crippen LogP contribution is 2.36. The van der Waals surface area contributed by atoms with E-state index in [2.05, 4.69) is 15.9 Å². The third-order valence-corrected chi connectivity index (χ3v) is 4.56. The maximum absolute atomic E-state index is 13.6. The number of alkyl halides is 1. The molecule has 1 aromatic heterocycles. The quantitative estimate of drug-likeness (QED) is 0.660. The van der Waals surface area contributed by atoms with Crippen molar-refractivity contribution in [2.45, 2.75) is 12.3 Å². The molecule has 1 atom stereocenters. The van der Waals surface area contributed by atoms with Gasteiger partial charge in [-0.15, -0.1) is 22.9 Å². The average molecular weight is 320 g/mol. The Kier molecular flexibility index (Phi) is 3.67. The van der Waals surface area contributed by atoms with Gasteiger partial charge >= 0.3 is 0 Å². The molecule has 1 aromatic carbocycles. The van der Waals surface area contributed by atoms with E-state index in [4.69, 9.17) is 11.6 Å². The van der Waals surface area contributed by atoms with Crippen molar-refractivity contribution < 1.29 is 4.39 Å². The topological polar surface area (TPSA) is 0 Å². The molecular formula is C12H9BrClFS. The van der Waals surface area contributed by atoms with Gasteiger partial charge in [-0.1, -0.05) is 17.7 Å². The Morgan fingerprint density at radius 2 is 2.06 bits per heavy atom. The Morgan fingerprint density at radius 1 is 1.31 bits per heavy atom. The summed E-state index contributed by atoms with van der Waals surface area (Å²) in [5.41, 5.74) is 1.55. The van der Waals surface area contributed by atoms with Gasteiger partial charge in [-0.05, 0) is 41.1 Å². The molecule has 0 bridgehead atoms. The van der Waals surface area contributed by atoms with Crippen LogP contribution in [0.3, 0.4) is 0 Å². The van der Waals surface area contributed by atoms with Gasteiger partial charge in [0.2, 0.25) is 0 Å². The molecule has 0 nitrogen and oxygen atoms in total. The number of thiophene rings is 1. The zero-order valence-electron chi connectivity index (χ0n) is 8.51. The highest BCUT2D eigenvalue weighted by Gasteiger charge is 2.17. The first kappa shape index (κ1) is 12.1. The van der Waals surface area contributed by atoms with Gasteiger partial charge in [0.15, 0.2) is 0 Å². The monoisotopic (exact) mass is 318 g/mol. The van der Waals surface area contributed by atoms with E-state index >= 15 is 0 Å². The number of hydrogen-bond acceptors (Lipinski definition) is 1. The molecule has 0 saturated heterocycles. The molecule has 2 rings (SSSR count). The molecule has 84 valence electrons. The Hall–Kier alpha value is -0.380. The van der Waals surface area contributed by atoms with Gasteiger partial charge in [0.05, 0.1) is 9.16 Å². The fraction of sp³-hybridized carbons (Fsp3) is 0.167. The maximum Gasteiger partial charge on any atom is 0.128 e. The van der Waals surface area contributed by atoms with Gasteiger partial charge < -0.3 is 0 Å². The molecular weight excluding hydrogens is 311 g/mol. The summed E-state index contributed by atoms with van der Waals surface area (Å²) in [4.78, 5) is 0.943. The first-order valence-electron chi connectivity index (χ1n) is 4.73. The van der Waals surface area contributed by atoms with Crippen molar-refractivity contribution in [3.05, 3.63) is 55.9 Å². The van der Waals surface area contributed by atoms with Crippen molar-refractivity contribution in [3.8, 4) is 0 Å². The third-order valence-electron chi connectivity index (χ3n) is 2.27. The summed E-state index contributed by atoms with van der Waals surface area (Å²) in [6.07, 6.45) is 0. The van der Waals surface area contributed by atoms with E-state index in [1.54, 1.807) is 12.1 Å². The van der Waals surface area contributed by atoms with Crippen LogP contribution in [0.2, 0.25) is 0 Å². The van der Waals surface area contributed by atoms with Gasteiger partial charge in [0.1, 0.15) is 5.82 Å². The molecule has 0 fully saturated rings. The van der Waals surface area contributed by atoms with E-state index in [1.807, 2.05) is 19.1 Å². The van der Waals surface area contributed by atoms with Gasteiger partial charge in [-0.2, -0.15) is 0 Å². The van der Waals surface area contributed by atoms with Crippen LogP contribution in [0.1, 0.15) is 21.4 Å². The highest BCUT2D eigenvalue weighted by atomic mass is 79.9. The summed E-state index contributed by atoms with van der Waals surface area (Å²) in [7, 11) is 0. The molecule has 1 heterocycles. The fourth-order valence-electron chi connectivity index (χ4n) is 1.48. The van der Waals surface area contributed by atoms with Crippen LogP contribution in [0, 0.1) is 12.7 Å². The normalized spacial score (nSPS) is 12.8. The van der Waals surface area contributed by atoms with E-state index in [0.29, 0.717) is 5.56 Å². The molecule has 0 aliphatic rings. The lowest BCUT2D eigenvalue weighted by Gasteiger charge is -2.09. The largest absolute Gasteiger partial charge is 0.207 e. The molecule has 1 unspecified atom stereocenters. The van der Waals surface area contributed by atoms with Crippen molar-refractivity contribution in [2.24, 2.45) is 0 Å². The lowest BCUT2D eigenvalue weighted by Crippen LogP contribution is -1.95. The SMILES string of the molecule is Cc1ccc(F)c(C(Cl)c2ccc(Br)s2)c1. The average Bonchev–Trinajstić information content (AvgIpc) is 2.67. The van der Waals surface area contributed by atoms with Gasteiger partial charge in [-0.3, -0.25) is 0 Å². The van der Waals surface area contributed by atoms with Crippen LogP contribution < -0.4 is 0 Å². The minimum atomic E-state index is -0.420. The molecule has 0 radical (unpaired) electrons. The molecule has 0 aliphatic heterocycles. The first-order valence-corrected chi connectivity index (χ1v) is 6.78. The molecule has 0 N–H and O–H groups in total. The Labute approximate surface area is 111 Å². The second-order valence-corrected chi connectivity index (χ2v) is 6.46. The third kappa shape index (κ3) is 2.47. The predicted octanol–water partition coefficient (Wildman–Crippen LogP) is 5.29. The van der Waals surface area contributed by atoms with E-state index in [0.717, 1.165) is 14.2 Å². The van der Waals surface area contributed by atoms with E-state index in [1.165, 1.54) is 17.4 Å². The van der Waals surface area contributed by atoms with E-state index < -0.39 is 5.38 Å². The molecule has 0 spiro atoms. The Morgan fingerprint density at radius 3 is 2.69 bits per heavy atom. The highest BCUT2D eigenvalue weighted by molar-refractivity contribution is 9.11. The fourth-order valence-corrected chi connectivity index (χ4v) is 3.27. The van der Waals surface area contributed by atoms with Crippen LogP contribution in [0.4, 0.5) is 4.39 Å². The zero-order valence-corrected chi connectivity index (χ0v) is 11.7. The van der Waals surface area contributed by atoms with Crippen molar-refractivity contribution in [1.82, 2.24) is 0 Å². The van der Waals surface area contributed by atoms with Crippen molar-refractivity contribution in [1.29, 1.82) is 0 Å². The summed E-state index contributed by atoms with van der Waals surface area (Å²) in [5.74, 6) is -0.255. The Bertz CT molecular complexity index is 509. The summed E-state index contributed by atoms with van der Waals surface area (Å²) in [6, 6.07) is 8.83. The molecule has 2 aromatic rings. The summed E-state index contributed by atoms with van der Waals surface area (Å²) in [6.45, 7) is 1.93. The van der Waals surface area contributed by atoms with Gasteiger partial charge in [0.25, 0.3) is 0 Å². The standard InChI is InChI=1S/C12H9BrClFS/c1-7-2-3-9(15)8(6-7)12(14)10-4-5-11(13)16-10/h2-6,12H,1H3. The minimum absolute atomic E-state index is 0.255. The molecule has 0 amide bonds. The van der Waals surface area contributed by atoms with Gasteiger partial charge in [-0.25, -0.2) is 4.39 Å². The second kappa shape index (κ2) is 4.86. The maximum atomic E-state index is 13.6. The van der Waals surface area contributed by atoms with E-state index in [-0.39, 0.29) is 5.82 Å². The zero-order chi connectivity index (χ0) is 11.7. The van der Waals surface area contributed by atoms with Crippen LogP contribution in [-0.4, -0.2) is 0 Å². The van der Waals surface area contributed by atoms with Crippen LogP contribution in [0.5, 0.6) is 0 Å². The molecule has 0 saturated carbocycles. The van der Waals surface area contributed by atoms with Gasteiger partial charge in [0, 0.05) is 10.4 Å². The second-order valence-electron chi connectivity index (χ2n) is 3.53. The molecule has 4 heteroatoms. The van der Waals surface area contributed by atoms with Crippen molar-refractivity contribution in [2.75, 3.05) is 0 Å². The summed E-state index contributed by atoms with van der Waals surface area (Å²) >= 11 is 11.2. The molecule has 0 aliphatic carbocycles. The number of aryl methyl sites for hydroxylation is 1. The van der Waals surface area contributed by atoms with Crippen LogP contribution in [0.15, 0.2) is 34.1 Å². The number of benzene rings is 1. The minimum Gasteiger partial charge on any atom is -0.207 e. The van der Waals surface area contributed by atoms with E-state index in [9.17, 15) is 4.39 Å². The summed E-state index contributed by atoms with van der Waals surface area (Å²) < 4.78 is 14.6. The predicted molar refractivity (Wildman–Crippen MR) is 70.9 cm³/mol. The number of hydrogen-bond donors (Lipinski definition) is 0. The number of rotatable bonds is 2. The van der Waals surface area contributed by atoms with Crippen LogP contribution in [-0.2, 0) is 0 Å². The smallest absolute Gasteiger partial charge is 0.128 e. The van der Waals surface area contributed by atoms with Crippen LogP contribution in [0.25, 0.3) is 0 Å². The first-order chi connectivity index (χ1) is 7.58. The lowest BCUT2D eigenvalue weighted by molar-refractivity contribution is 0.612. The summed E-state index contributed by atoms with van der Waals surface area (Å²) in [5, 5.41) is -0.420. The molecule has 16 heavy (non-hydrogen) atoms.